The molecule has 1 saturated carbocycles. The minimum atomic E-state index is -3.61. The van der Waals surface area contributed by atoms with E-state index in [2.05, 4.69) is 29.2 Å². The molecule has 0 spiro atoms. The second-order valence-corrected chi connectivity index (χ2v) is 15.1. The van der Waals surface area contributed by atoms with Crippen molar-refractivity contribution in [1.82, 2.24) is 14.2 Å². The van der Waals surface area contributed by atoms with Crippen LogP contribution in [0.15, 0.2) is 103 Å². The number of hydrogen-bond donors (Lipinski definition) is 0. The highest BCUT2D eigenvalue weighted by molar-refractivity contribution is 7.88. The first-order chi connectivity index (χ1) is 22.1. The highest BCUT2D eigenvalue weighted by Gasteiger charge is 2.29. The first kappa shape index (κ1) is 33.4. The molecule has 8 heteroatoms. The van der Waals surface area contributed by atoms with Gasteiger partial charge in [-0.05, 0) is 73.1 Å². The van der Waals surface area contributed by atoms with Gasteiger partial charge in [0.15, 0.2) is 0 Å². The fourth-order valence-corrected chi connectivity index (χ4v) is 7.37. The van der Waals surface area contributed by atoms with Crippen molar-refractivity contribution >= 4 is 16.1 Å². The van der Waals surface area contributed by atoms with Crippen LogP contribution in [0.3, 0.4) is 0 Å². The molecule has 0 N–H and O–H groups in total. The molecule has 5 rings (SSSR count). The summed E-state index contributed by atoms with van der Waals surface area (Å²) in [5.41, 5.74) is 5.11. The molecule has 1 amide bonds. The molecule has 4 aromatic rings. The fraction of sp³-hybridized carbons (Fsp3) is 0.368. The first-order valence-electron chi connectivity index (χ1n) is 16.1. The van der Waals surface area contributed by atoms with E-state index in [-0.39, 0.29) is 31.0 Å². The molecule has 242 valence electrons. The van der Waals surface area contributed by atoms with Crippen molar-refractivity contribution in [2.45, 2.75) is 89.9 Å². The van der Waals surface area contributed by atoms with Gasteiger partial charge in [0.1, 0.15) is 5.60 Å². The third-order valence-electron chi connectivity index (χ3n) is 8.26. The van der Waals surface area contributed by atoms with Crippen LogP contribution < -0.4 is 0 Å². The number of nitrogens with zero attached hydrogens (tertiary/aromatic N) is 3. The summed E-state index contributed by atoms with van der Waals surface area (Å²) in [4.78, 5) is 19.3. The number of carbonyl (C=O) groups excluding carboxylic acids is 1. The molecular formula is C38H45N3O4S. The Hall–Kier alpha value is -4.01. The zero-order valence-electron chi connectivity index (χ0n) is 27.1. The highest BCUT2D eigenvalue weighted by Crippen LogP contribution is 2.28. The molecule has 0 radical (unpaired) electrons. The van der Waals surface area contributed by atoms with Gasteiger partial charge in [0, 0.05) is 38.1 Å². The van der Waals surface area contributed by atoms with Gasteiger partial charge in [0.05, 0.1) is 5.75 Å². The summed E-state index contributed by atoms with van der Waals surface area (Å²) in [5, 5.41) is 0. The first-order valence-corrected chi connectivity index (χ1v) is 17.8. The summed E-state index contributed by atoms with van der Waals surface area (Å²) in [6.07, 6.45) is 8.66. The summed E-state index contributed by atoms with van der Waals surface area (Å²) < 4.78 is 34.5. The summed E-state index contributed by atoms with van der Waals surface area (Å²) in [5.74, 6) is -0.0648. The normalized spacial score (nSPS) is 14.3. The Labute approximate surface area is 274 Å². The third kappa shape index (κ3) is 9.50. The maximum atomic E-state index is 13.6. The Morgan fingerprint density at radius 3 is 1.87 bits per heavy atom. The maximum absolute atomic E-state index is 13.6. The van der Waals surface area contributed by atoms with Crippen molar-refractivity contribution in [2.75, 3.05) is 0 Å². The minimum Gasteiger partial charge on any atom is -0.444 e. The number of rotatable bonds is 11. The molecule has 1 heterocycles. The Balaban J connectivity index is 1.29. The standard InChI is InChI=1S/C38H45N3O4S/c1-38(2,3)45-37(42)41(36-14-8-5-9-15-36)28-31-18-22-35(23-19-31)34-20-16-30(17-21-34)26-40(27-33-13-10-24-39-25-33)46(43,44)29-32-11-6-4-7-12-32/h4,6-7,10-13,16-25,36H,5,8-9,14-15,26-29H2,1-3H3. The van der Waals surface area contributed by atoms with Crippen molar-refractivity contribution in [3.63, 3.8) is 0 Å². The molecule has 1 aromatic heterocycles. The molecule has 0 aliphatic heterocycles. The zero-order chi connectivity index (χ0) is 32.6. The van der Waals surface area contributed by atoms with Gasteiger partial charge in [-0.3, -0.25) is 4.98 Å². The van der Waals surface area contributed by atoms with Crippen LogP contribution in [0, 0.1) is 0 Å². The van der Waals surface area contributed by atoms with E-state index in [9.17, 15) is 13.2 Å². The fourth-order valence-electron chi connectivity index (χ4n) is 5.89. The number of pyridine rings is 1. The van der Waals surface area contributed by atoms with E-state index < -0.39 is 15.6 Å². The monoisotopic (exact) mass is 639 g/mol. The molecule has 1 aliphatic rings. The molecule has 46 heavy (non-hydrogen) atoms. The van der Waals surface area contributed by atoms with Crippen LogP contribution in [-0.2, 0) is 40.1 Å². The number of hydrogen-bond acceptors (Lipinski definition) is 5. The molecular weight excluding hydrogens is 595 g/mol. The van der Waals surface area contributed by atoms with Gasteiger partial charge < -0.3 is 9.64 Å². The van der Waals surface area contributed by atoms with Gasteiger partial charge in [-0.1, -0.05) is 104 Å². The van der Waals surface area contributed by atoms with Crippen LogP contribution >= 0.6 is 0 Å². The van der Waals surface area contributed by atoms with E-state index in [1.807, 2.05) is 92.4 Å². The number of carbonyl (C=O) groups is 1. The minimum absolute atomic E-state index is 0.0648. The van der Waals surface area contributed by atoms with Crippen LogP contribution in [0.2, 0.25) is 0 Å². The van der Waals surface area contributed by atoms with Gasteiger partial charge in [-0.25, -0.2) is 13.2 Å². The SMILES string of the molecule is CC(C)(C)OC(=O)N(Cc1ccc(-c2ccc(CN(Cc3cccnc3)S(=O)(=O)Cc3ccccc3)cc2)cc1)C1CCCCC1. The predicted octanol–water partition coefficient (Wildman–Crippen LogP) is 8.35. The second-order valence-electron chi connectivity index (χ2n) is 13.2. The molecule has 0 unspecified atom stereocenters. The summed E-state index contributed by atoms with van der Waals surface area (Å²) in [6.45, 7) is 6.74. The number of benzene rings is 3. The number of aromatic nitrogens is 1. The third-order valence-corrected chi connectivity index (χ3v) is 10.0. The lowest BCUT2D eigenvalue weighted by Crippen LogP contribution is -2.43. The summed E-state index contributed by atoms with van der Waals surface area (Å²) >= 11 is 0. The lowest BCUT2D eigenvalue weighted by molar-refractivity contribution is 0.00988. The summed E-state index contributed by atoms with van der Waals surface area (Å²) in [7, 11) is -3.61. The molecule has 1 fully saturated rings. The van der Waals surface area contributed by atoms with Crippen molar-refractivity contribution in [2.24, 2.45) is 0 Å². The second kappa shape index (κ2) is 15.1. The topological polar surface area (TPSA) is 79.8 Å². The van der Waals surface area contributed by atoms with Crippen molar-refractivity contribution in [3.8, 4) is 11.1 Å². The Morgan fingerprint density at radius 1 is 0.739 bits per heavy atom. The van der Waals surface area contributed by atoms with Gasteiger partial charge in [-0.2, -0.15) is 4.31 Å². The van der Waals surface area contributed by atoms with Gasteiger partial charge in [0.25, 0.3) is 0 Å². The maximum Gasteiger partial charge on any atom is 0.410 e. The molecule has 0 saturated heterocycles. The average Bonchev–Trinajstić information content (AvgIpc) is 3.04. The number of amides is 1. The van der Waals surface area contributed by atoms with Crippen molar-refractivity contribution in [1.29, 1.82) is 0 Å². The largest absolute Gasteiger partial charge is 0.444 e. The predicted molar refractivity (Wildman–Crippen MR) is 183 cm³/mol. The van der Waals surface area contributed by atoms with Crippen molar-refractivity contribution in [3.05, 3.63) is 126 Å². The Kier molecular flexibility index (Phi) is 10.9. The summed E-state index contributed by atoms with van der Waals surface area (Å²) in [6, 6.07) is 29.6. The van der Waals surface area contributed by atoms with Crippen LogP contribution in [-0.4, -0.2) is 40.3 Å². The van der Waals surface area contributed by atoms with E-state index in [1.54, 1.807) is 12.4 Å². The number of sulfonamides is 1. The van der Waals surface area contributed by atoms with Crippen LogP contribution in [0.25, 0.3) is 11.1 Å². The molecule has 0 bridgehead atoms. The van der Waals surface area contributed by atoms with Crippen LogP contribution in [0.5, 0.6) is 0 Å². The lowest BCUT2D eigenvalue weighted by atomic mass is 9.94. The van der Waals surface area contributed by atoms with Crippen LogP contribution in [0.1, 0.15) is 75.1 Å². The van der Waals surface area contributed by atoms with Gasteiger partial charge in [0.2, 0.25) is 10.0 Å². The molecule has 7 nitrogen and oxygen atoms in total. The average molecular weight is 640 g/mol. The van der Waals surface area contributed by atoms with Crippen molar-refractivity contribution < 1.29 is 17.9 Å². The molecule has 0 atom stereocenters. The van der Waals surface area contributed by atoms with E-state index >= 15 is 0 Å². The van der Waals surface area contributed by atoms with Gasteiger partial charge in [-0.15, -0.1) is 0 Å². The van der Waals surface area contributed by atoms with Gasteiger partial charge >= 0.3 is 6.09 Å². The lowest BCUT2D eigenvalue weighted by Gasteiger charge is -2.35. The quantitative estimate of drug-likeness (QED) is 0.165. The number of ether oxygens (including phenoxy) is 1. The van der Waals surface area contributed by atoms with E-state index in [0.717, 1.165) is 59.1 Å². The van der Waals surface area contributed by atoms with E-state index in [4.69, 9.17) is 4.74 Å². The van der Waals surface area contributed by atoms with Crippen LogP contribution in [0.4, 0.5) is 4.79 Å². The molecule has 1 aliphatic carbocycles. The smallest absolute Gasteiger partial charge is 0.410 e. The Morgan fingerprint density at radius 2 is 1.30 bits per heavy atom. The van der Waals surface area contributed by atoms with E-state index in [0.29, 0.717) is 6.54 Å². The highest BCUT2D eigenvalue weighted by atomic mass is 32.2. The van der Waals surface area contributed by atoms with E-state index in [1.165, 1.54) is 10.7 Å². The molecule has 3 aromatic carbocycles. The Bertz CT molecular complexity index is 1650. The zero-order valence-corrected chi connectivity index (χ0v) is 28.0.